The number of hydrogen-bond acceptors (Lipinski definition) is 5. The Morgan fingerprint density at radius 1 is 1.21 bits per heavy atom. The van der Waals surface area contributed by atoms with Gasteiger partial charge in [0.1, 0.15) is 5.82 Å². The van der Waals surface area contributed by atoms with Crippen LogP contribution in [0.2, 0.25) is 10.0 Å². The summed E-state index contributed by atoms with van der Waals surface area (Å²) < 4.78 is 0. The van der Waals surface area contributed by atoms with E-state index in [4.69, 9.17) is 23.2 Å². The molecule has 0 amide bonds. The molecule has 2 aromatic rings. The number of ketones is 1. The number of aromatic nitrogens is 2. The van der Waals surface area contributed by atoms with Gasteiger partial charge in [0.2, 0.25) is 0 Å². The Morgan fingerprint density at radius 3 is 2.79 bits per heavy atom. The van der Waals surface area contributed by atoms with Crippen molar-refractivity contribution < 1.29 is 4.79 Å². The van der Waals surface area contributed by atoms with E-state index in [1.54, 1.807) is 12.1 Å². The number of anilines is 1. The van der Waals surface area contributed by atoms with Gasteiger partial charge in [-0.3, -0.25) is 9.59 Å². The number of aromatic amines is 1. The largest absolute Gasteiger partial charge is 0.343 e. The number of carbonyl (C=O) groups excluding carboxylic acids is 1. The van der Waals surface area contributed by atoms with Crippen LogP contribution >= 0.6 is 35.0 Å². The van der Waals surface area contributed by atoms with Crippen LogP contribution in [0.5, 0.6) is 0 Å². The van der Waals surface area contributed by atoms with E-state index in [0.29, 0.717) is 38.6 Å². The summed E-state index contributed by atoms with van der Waals surface area (Å²) in [6.07, 6.45) is 3.00. The highest BCUT2D eigenvalue weighted by Gasteiger charge is 2.38. The first-order chi connectivity index (χ1) is 13.5. The summed E-state index contributed by atoms with van der Waals surface area (Å²) in [6, 6.07) is 5.25. The van der Waals surface area contributed by atoms with Crippen molar-refractivity contribution in [3.63, 3.8) is 0 Å². The van der Waals surface area contributed by atoms with Gasteiger partial charge < -0.3 is 10.3 Å². The number of fused-ring (bicyclic) bond motifs is 1. The fourth-order valence-electron chi connectivity index (χ4n) is 3.73. The third-order valence-corrected chi connectivity index (χ3v) is 6.77. The lowest BCUT2D eigenvalue weighted by atomic mass is 9.76. The highest BCUT2D eigenvalue weighted by atomic mass is 35.5. The minimum absolute atomic E-state index is 0.0549. The van der Waals surface area contributed by atoms with E-state index in [9.17, 15) is 9.59 Å². The Labute approximate surface area is 176 Å². The van der Waals surface area contributed by atoms with Crippen LogP contribution in [0.1, 0.15) is 49.7 Å². The molecule has 1 aromatic heterocycles. The van der Waals surface area contributed by atoms with E-state index >= 15 is 0 Å². The molecule has 28 heavy (non-hydrogen) atoms. The second-order valence-electron chi connectivity index (χ2n) is 6.88. The molecule has 1 aromatic carbocycles. The quantitative estimate of drug-likeness (QED) is 0.513. The minimum atomic E-state index is -0.504. The number of thioether (sulfide) groups is 1. The van der Waals surface area contributed by atoms with E-state index < -0.39 is 5.92 Å². The molecular formula is C20H19Cl2N3O2S. The molecule has 146 valence electrons. The molecule has 0 saturated heterocycles. The molecule has 4 rings (SSSR count). The van der Waals surface area contributed by atoms with Gasteiger partial charge in [-0.25, -0.2) is 4.98 Å². The van der Waals surface area contributed by atoms with Crippen molar-refractivity contribution in [2.75, 3.05) is 11.1 Å². The van der Waals surface area contributed by atoms with Crippen LogP contribution in [-0.2, 0) is 4.79 Å². The molecule has 0 fully saturated rings. The van der Waals surface area contributed by atoms with Crippen molar-refractivity contribution >= 4 is 46.6 Å². The topological polar surface area (TPSA) is 74.8 Å². The molecule has 1 atom stereocenters. The molecular weight excluding hydrogens is 417 g/mol. The Kier molecular flexibility index (Phi) is 5.54. The third kappa shape index (κ3) is 3.49. The number of rotatable bonds is 4. The second-order valence-corrected chi connectivity index (χ2v) is 8.78. The van der Waals surface area contributed by atoms with Crippen molar-refractivity contribution in [1.29, 1.82) is 0 Å². The molecule has 0 spiro atoms. The van der Waals surface area contributed by atoms with Crippen LogP contribution in [0.4, 0.5) is 5.82 Å². The van der Waals surface area contributed by atoms with E-state index in [0.717, 1.165) is 36.3 Å². The van der Waals surface area contributed by atoms with Gasteiger partial charge in [-0.05, 0) is 37.0 Å². The molecule has 2 N–H and O–H groups in total. The number of nitrogens with zero attached hydrogens (tertiary/aromatic N) is 1. The fourth-order valence-corrected chi connectivity index (χ4v) is 4.76. The highest BCUT2D eigenvalue weighted by molar-refractivity contribution is 7.99. The maximum atomic E-state index is 13.0. The molecule has 1 aliphatic carbocycles. The number of H-pyrrole nitrogens is 1. The Bertz CT molecular complexity index is 1050. The van der Waals surface area contributed by atoms with Gasteiger partial charge in [-0.15, -0.1) is 0 Å². The number of nitrogens with one attached hydrogen (secondary N) is 2. The normalized spacial score (nSPS) is 18.5. The Hall–Kier alpha value is -1.76. The van der Waals surface area contributed by atoms with Crippen LogP contribution in [0.15, 0.2) is 39.4 Å². The van der Waals surface area contributed by atoms with Crippen LogP contribution in [0.3, 0.4) is 0 Å². The molecule has 0 saturated carbocycles. The number of Topliss-reactive ketones (excluding diaryl/α,β-unsaturated/α-hetero) is 1. The zero-order chi connectivity index (χ0) is 19.8. The summed E-state index contributed by atoms with van der Waals surface area (Å²) >= 11 is 13.8. The maximum Gasteiger partial charge on any atom is 0.257 e. The summed E-state index contributed by atoms with van der Waals surface area (Å²) in [7, 11) is 0. The zero-order valence-electron chi connectivity index (χ0n) is 15.3. The van der Waals surface area contributed by atoms with Gasteiger partial charge in [0.05, 0.1) is 15.6 Å². The summed E-state index contributed by atoms with van der Waals surface area (Å²) in [6.45, 7) is 2.08. The predicted octanol–water partition coefficient (Wildman–Crippen LogP) is 5.14. The molecule has 0 bridgehead atoms. The average Bonchev–Trinajstić information content (AvgIpc) is 2.67. The Morgan fingerprint density at radius 2 is 2.04 bits per heavy atom. The molecule has 2 heterocycles. The fraction of sp³-hybridized carbons (Fsp3) is 0.350. The summed E-state index contributed by atoms with van der Waals surface area (Å²) in [5.74, 6) is 0.936. The predicted molar refractivity (Wildman–Crippen MR) is 114 cm³/mol. The Balaban J connectivity index is 1.91. The van der Waals surface area contributed by atoms with Crippen LogP contribution in [0, 0.1) is 0 Å². The molecule has 2 aliphatic rings. The van der Waals surface area contributed by atoms with Gasteiger partial charge >= 0.3 is 0 Å². The smallest absolute Gasteiger partial charge is 0.257 e. The van der Waals surface area contributed by atoms with Crippen molar-refractivity contribution in [2.24, 2.45) is 0 Å². The number of hydrogen-bond donors (Lipinski definition) is 2. The van der Waals surface area contributed by atoms with Crippen LogP contribution in [0.25, 0.3) is 0 Å². The van der Waals surface area contributed by atoms with E-state index in [-0.39, 0.29) is 11.3 Å². The first-order valence-electron chi connectivity index (χ1n) is 9.24. The average molecular weight is 436 g/mol. The van der Waals surface area contributed by atoms with Gasteiger partial charge in [0.15, 0.2) is 10.9 Å². The number of allylic oxidation sites excluding steroid dienone is 2. The highest BCUT2D eigenvalue weighted by Crippen LogP contribution is 2.44. The van der Waals surface area contributed by atoms with Crippen molar-refractivity contribution in [3.05, 3.63) is 61.0 Å². The van der Waals surface area contributed by atoms with E-state index in [1.165, 1.54) is 11.8 Å². The molecule has 1 unspecified atom stereocenters. The first kappa shape index (κ1) is 19.6. The molecule has 0 radical (unpaired) electrons. The number of carbonyl (C=O) groups is 1. The summed E-state index contributed by atoms with van der Waals surface area (Å²) in [5.41, 5.74) is 2.47. The standard InChI is InChI=1S/C20H19Cl2N3O2S/c1-2-8-28-20-24-18-17(19(27)25-20)15(10-6-7-11(21)12(22)9-10)16-13(23-18)4-3-5-14(16)26/h6-7,9,15H,2-5,8H2,1H3,(H2,23,24,25,27). The summed E-state index contributed by atoms with van der Waals surface area (Å²) in [5, 5.41) is 4.67. The van der Waals surface area contributed by atoms with Gasteiger partial charge in [-0.2, -0.15) is 0 Å². The van der Waals surface area contributed by atoms with Gasteiger partial charge in [0, 0.05) is 29.4 Å². The van der Waals surface area contributed by atoms with Crippen molar-refractivity contribution in [2.45, 2.75) is 43.7 Å². The summed E-state index contributed by atoms with van der Waals surface area (Å²) in [4.78, 5) is 33.3. The first-order valence-corrected chi connectivity index (χ1v) is 11.0. The molecule has 8 heteroatoms. The second kappa shape index (κ2) is 7.93. The van der Waals surface area contributed by atoms with Gasteiger partial charge in [0.25, 0.3) is 5.56 Å². The van der Waals surface area contributed by atoms with Crippen LogP contribution in [-0.4, -0.2) is 21.5 Å². The molecule has 1 aliphatic heterocycles. The van der Waals surface area contributed by atoms with E-state index in [1.807, 2.05) is 6.07 Å². The lowest BCUT2D eigenvalue weighted by Gasteiger charge is -2.32. The number of halogens is 2. The third-order valence-electron chi connectivity index (χ3n) is 4.96. The SMILES string of the molecule is CCCSc1nc2c(c(=O)[nH]1)C(c1ccc(Cl)c(Cl)c1)C1=C(CCCC1=O)N2. The van der Waals surface area contributed by atoms with Gasteiger partial charge in [-0.1, -0.05) is 48.0 Å². The van der Waals surface area contributed by atoms with Crippen molar-refractivity contribution in [1.82, 2.24) is 9.97 Å². The minimum Gasteiger partial charge on any atom is -0.343 e. The number of benzene rings is 1. The van der Waals surface area contributed by atoms with E-state index in [2.05, 4.69) is 22.2 Å². The van der Waals surface area contributed by atoms with Crippen LogP contribution < -0.4 is 10.9 Å². The molecule has 5 nitrogen and oxygen atoms in total. The van der Waals surface area contributed by atoms with Crippen molar-refractivity contribution in [3.8, 4) is 0 Å². The monoisotopic (exact) mass is 435 g/mol. The lowest BCUT2D eigenvalue weighted by molar-refractivity contribution is -0.116. The maximum absolute atomic E-state index is 13.0. The zero-order valence-corrected chi connectivity index (χ0v) is 17.6. The lowest BCUT2D eigenvalue weighted by Crippen LogP contribution is -2.32.